The molecule has 2 saturated heterocycles. The minimum Gasteiger partial charge on any atom is -0.406 e. The summed E-state index contributed by atoms with van der Waals surface area (Å²) in [4.78, 5) is 14.3. The molecule has 2 fully saturated rings. The number of benzene rings is 1. The van der Waals surface area contributed by atoms with Crippen molar-refractivity contribution in [2.24, 2.45) is 0 Å². The Morgan fingerprint density at radius 3 is 2.42 bits per heavy atom. The van der Waals surface area contributed by atoms with Crippen LogP contribution in [0.2, 0.25) is 0 Å². The van der Waals surface area contributed by atoms with E-state index in [2.05, 4.69) is 10.1 Å². The zero-order chi connectivity index (χ0) is 17.9. The lowest BCUT2D eigenvalue weighted by atomic mass is 9.89. The van der Waals surface area contributed by atoms with Crippen LogP contribution in [0, 0.1) is 0 Å². The number of hydrogen-bond acceptors (Lipinski definition) is 4. The number of nitrogens with one attached hydrogen (secondary N) is 1. The zero-order valence-electron chi connectivity index (χ0n) is 14.2. The van der Waals surface area contributed by atoms with E-state index >= 15 is 0 Å². The first-order valence-corrected chi connectivity index (χ1v) is 8.41. The highest BCUT2D eigenvalue weighted by molar-refractivity contribution is 5.95. The van der Waals surface area contributed by atoms with E-state index in [4.69, 9.17) is 4.74 Å². The maximum absolute atomic E-state index is 12.7. The van der Waals surface area contributed by atoms with Crippen LogP contribution in [-0.2, 0) is 4.74 Å². The van der Waals surface area contributed by atoms with Gasteiger partial charge in [0, 0.05) is 18.7 Å². The molecule has 0 spiro atoms. The Kier molecular flexibility index (Phi) is 7.14. The van der Waals surface area contributed by atoms with Gasteiger partial charge in [-0.3, -0.25) is 4.79 Å². The molecule has 0 unspecified atom stereocenters. The molecule has 1 aromatic rings. The molecular formula is C17H22ClF3N2O3. The van der Waals surface area contributed by atoms with Crippen molar-refractivity contribution in [3.63, 3.8) is 0 Å². The third kappa shape index (κ3) is 5.49. The molecule has 0 aromatic heterocycles. The number of piperidine rings is 1. The van der Waals surface area contributed by atoms with E-state index in [9.17, 15) is 18.0 Å². The summed E-state index contributed by atoms with van der Waals surface area (Å²) in [7, 11) is 0. The van der Waals surface area contributed by atoms with Crippen molar-refractivity contribution in [2.75, 3.05) is 39.4 Å². The maximum atomic E-state index is 12.7. The van der Waals surface area contributed by atoms with Gasteiger partial charge in [-0.2, -0.15) is 0 Å². The van der Waals surface area contributed by atoms with Gasteiger partial charge in [0.05, 0.1) is 13.2 Å². The fourth-order valence-electron chi connectivity index (χ4n) is 3.28. The number of halogens is 4. The Bertz CT molecular complexity index is 616. The molecule has 0 radical (unpaired) electrons. The van der Waals surface area contributed by atoms with Crippen LogP contribution in [0.15, 0.2) is 18.2 Å². The van der Waals surface area contributed by atoms with Crippen molar-refractivity contribution < 1.29 is 27.4 Å². The molecule has 2 aliphatic heterocycles. The van der Waals surface area contributed by atoms with E-state index in [0.29, 0.717) is 26.3 Å². The van der Waals surface area contributed by atoms with Crippen molar-refractivity contribution in [1.82, 2.24) is 10.2 Å². The highest BCUT2D eigenvalue weighted by Gasteiger charge is 2.32. The predicted molar refractivity (Wildman–Crippen MR) is 91.9 cm³/mol. The average Bonchev–Trinajstić information content (AvgIpc) is 2.61. The number of carbonyl (C=O) groups excluding carboxylic acids is 1. The van der Waals surface area contributed by atoms with Gasteiger partial charge in [-0.05, 0) is 55.6 Å². The highest BCUT2D eigenvalue weighted by atomic mass is 35.5. The Hall–Kier alpha value is -1.51. The van der Waals surface area contributed by atoms with Crippen LogP contribution in [0.1, 0.15) is 34.7 Å². The van der Waals surface area contributed by atoms with E-state index in [0.717, 1.165) is 31.5 Å². The predicted octanol–water partition coefficient (Wildman–Crippen LogP) is 2.95. The topological polar surface area (TPSA) is 50.8 Å². The standard InChI is InChI=1S/C17H21F3N2O3.ClH/c18-17(19,20)25-15-10-13(12-1-3-21-4-2-12)9-14(11-15)16(23)22-5-7-24-8-6-22;/h9-12,21H,1-8H2;1H. The summed E-state index contributed by atoms with van der Waals surface area (Å²) >= 11 is 0. The number of carbonyl (C=O) groups is 1. The number of hydrogen-bond donors (Lipinski definition) is 1. The first-order valence-electron chi connectivity index (χ1n) is 8.41. The van der Waals surface area contributed by atoms with Crippen LogP contribution in [0.25, 0.3) is 0 Å². The summed E-state index contributed by atoms with van der Waals surface area (Å²) in [6.45, 7) is 3.36. The second-order valence-electron chi connectivity index (χ2n) is 6.27. The highest BCUT2D eigenvalue weighted by Crippen LogP contribution is 2.32. The Morgan fingerprint density at radius 2 is 1.81 bits per heavy atom. The molecule has 1 aromatic carbocycles. The molecule has 1 N–H and O–H groups in total. The summed E-state index contributed by atoms with van der Waals surface area (Å²) < 4.78 is 47.3. The Labute approximate surface area is 156 Å². The number of ether oxygens (including phenoxy) is 2. The van der Waals surface area contributed by atoms with Crippen molar-refractivity contribution in [3.05, 3.63) is 29.3 Å². The SMILES string of the molecule is Cl.O=C(c1cc(OC(F)(F)F)cc(C2CCNCC2)c1)N1CCOCC1. The van der Waals surface area contributed by atoms with Gasteiger partial charge < -0.3 is 19.7 Å². The van der Waals surface area contributed by atoms with Gasteiger partial charge in [0.15, 0.2) is 0 Å². The normalized spacial score (nSPS) is 19.0. The zero-order valence-corrected chi connectivity index (χ0v) is 15.0. The number of rotatable bonds is 3. The number of morpholine rings is 1. The van der Waals surface area contributed by atoms with Gasteiger partial charge in [-0.1, -0.05) is 0 Å². The van der Waals surface area contributed by atoms with E-state index in [1.165, 1.54) is 12.1 Å². The fraction of sp³-hybridized carbons (Fsp3) is 0.588. The summed E-state index contributed by atoms with van der Waals surface area (Å²) in [5.74, 6) is -0.500. The number of alkyl halides is 3. The van der Waals surface area contributed by atoms with Crippen LogP contribution >= 0.6 is 12.4 Å². The lowest BCUT2D eigenvalue weighted by molar-refractivity contribution is -0.274. The number of amides is 1. The third-order valence-electron chi connectivity index (χ3n) is 4.52. The van der Waals surface area contributed by atoms with Gasteiger partial charge in [-0.15, -0.1) is 25.6 Å². The van der Waals surface area contributed by atoms with Gasteiger partial charge in [0.1, 0.15) is 5.75 Å². The van der Waals surface area contributed by atoms with E-state index in [1.807, 2.05) is 0 Å². The summed E-state index contributed by atoms with van der Waals surface area (Å²) in [6.07, 6.45) is -3.15. The largest absolute Gasteiger partial charge is 0.573 e. The average molecular weight is 395 g/mol. The van der Waals surface area contributed by atoms with Crippen LogP contribution < -0.4 is 10.1 Å². The van der Waals surface area contributed by atoms with Crippen molar-refractivity contribution in [3.8, 4) is 5.75 Å². The second-order valence-corrected chi connectivity index (χ2v) is 6.27. The lowest BCUT2D eigenvalue weighted by Crippen LogP contribution is -2.40. The quantitative estimate of drug-likeness (QED) is 0.856. The van der Waals surface area contributed by atoms with Gasteiger partial charge in [-0.25, -0.2) is 0 Å². The molecule has 0 aliphatic carbocycles. The molecule has 146 valence electrons. The Morgan fingerprint density at radius 1 is 1.15 bits per heavy atom. The minimum atomic E-state index is -4.79. The fourth-order valence-corrected chi connectivity index (χ4v) is 3.28. The van der Waals surface area contributed by atoms with E-state index < -0.39 is 6.36 Å². The van der Waals surface area contributed by atoms with Crippen molar-refractivity contribution in [2.45, 2.75) is 25.1 Å². The summed E-state index contributed by atoms with van der Waals surface area (Å²) in [5.41, 5.74) is 0.956. The Balaban J connectivity index is 0.00000243. The van der Waals surface area contributed by atoms with Crippen LogP contribution in [-0.4, -0.2) is 56.6 Å². The molecule has 3 rings (SSSR count). The molecule has 9 heteroatoms. The van der Waals surface area contributed by atoms with Crippen LogP contribution in [0.5, 0.6) is 5.75 Å². The first kappa shape index (κ1) is 20.8. The van der Waals surface area contributed by atoms with Gasteiger partial charge >= 0.3 is 6.36 Å². The van der Waals surface area contributed by atoms with Crippen LogP contribution in [0.4, 0.5) is 13.2 Å². The van der Waals surface area contributed by atoms with E-state index in [1.54, 1.807) is 11.0 Å². The molecule has 5 nitrogen and oxygen atoms in total. The summed E-state index contributed by atoms with van der Waals surface area (Å²) in [6, 6.07) is 4.28. The molecule has 0 saturated carbocycles. The number of nitrogens with zero attached hydrogens (tertiary/aromatic N) is 1. The molecule has 0 bridgehead atoms. The van der Waals surface area contributed by atoms with Gasteiger partial charge in [0.2, 0.25) is 0 Å². The van der Waals surface area contributed by atoms with Crippen LogP contribution in [0.3, 0.4) is 0 Å². The maximum Gasteiger partial charge on any atom is 0.573 e. The first-order chi connectivity index (χ1) is 11.9. The van der Waals surface area contributed by atoms with Crippen molar-refractivity contribution in [1.29, 1.82) is 0 Å². The molecular weight excluding hydrogens is 373 g/mol. The molecule has 1 amide bonds. The molecule has 2 aliphatic rings. The monoisotopic (exact) mass is 394 g/mol. The lowest BCUT2D eigenvalue weighted by Gasteiger charge is -2.28. The smallest absolute Gasteiger partial charge is 0.406 e. The molecule has 26 heavy (non-hydrogen) atoms. The van der Waals surface area contributed by atoms with Gasteiger partial charge in [0.25, 0.3) is 5.91 Å². The minimum absolute atomic E-state index is 0. The second kappa shape index (κ2) is 8.92. The van der Waals surface area contributed by atoms with E-state index in [-0.39, 0.29) is 35.5 Å². The summed E-state index contributed by atoms with van der Waals surface area (Å²) in [5, 5.41) is 3.23. The van der Waals surface area contributed by atoms with Crippen molar-refractivity contribution >= 4 is 18.3 Å². The third-order valence-corrected chi connectivity index (χ3v) is 4.52. The molecule has 0 atom stereocenters. The molecule has 2 heterocycles.